The first kappa shape index (κ1) is 14.0. The molecule has 2 heterocycles. The third-order valence-corrected chi connectivity index (χ3v) is 4.07. The zero-order valence-electron chi connectivity index (χ0n) is 12.7. The molecule has 2 fully saturated rings. The Kier molecular flexibility index (Phi) is 3.57. The lowest BCUT2D eigenvalue weighted by molar-refractivity contribution is 0.178. The van der Waals surface area contributed by atoms with E-state index in [0.717, 1.165) is 19.3 Å². The molecule has 1 atom stereocenters. The lowest BCUT2D eigenvalue weighted by atomic mass is 10.1. The van der Waals surface area contributed by atoms with Gasteiger partial charge in [0.15, 0.2) is 0 Å². The van der Waals surface area contributed by atoms with Crippen LogP contribution in [0.5, 0.6) is 0 Å². The quantitative estimate of drug-likeness (QED) is 0.919. The Morgan fingerprint density at radius 2 is 2.04 bits per heavy atom. The maximum atomic E-state index is 12.1. The number of hydrogen-bond acceptors (Lipinski definition) is 5. The van der Waals surface area contributed by atoms with Gasteiger partial charge in [0.05, 0.1) is 6.04 Å². The van der Waals surface area contributed by atoms with Gasteiger partial charge in [-0.1, -0.05) is 30.3 Å². The van der Waals surface area contributed by atoms with Crippen LogP contribution >= 0.6 is 0 Å². The Bertz CT molecular complexity index is 703. The molecule has 2 aromatic rings. The summed E-state index contributed by atoms with van der Waals surface area (Å²) in [6.45, 7) is 0.378. The number of carbonyl (C=O) groups excluding carboxylic acids is 1. The normalized spacial score (nSPS) is 20.4. The van der Waals surface area contributed by atoms with Crippen LogP contribution in [-0.4, -0.2) is 34.8 Å². The Labute approximate surface area is 134 Å². The minimum Gasteiger partial charge on any atom is -0.447 e. The van der Waals surface area contributed by atoms with Crippen LogP contribution in [0.1, 0.15) is 18.4 Å². The number of nitrogens with one attached hydrogen (secondary N) is 1. The van der Waals surface area contributed by atoms with Crippen LogP contribution in [0.2, 0.25) is 0 Å². The number of ether oxygens (including phenoxy) is 1. The van der Waals surface area contributed by atoms with Crippen molar-refractivity contribution in [1.29, 1.82) is 0 Å². The molecule has 1 saturated carbocycles. The number of benzene rings is 1. The molecule has 6 nitrogen and oxygen atoms in total. The molecule has 1 aliphatic carbocycles. The van der Waals surface area contributed by atoms with Crippen molar-refractivity contribution in [3.8, 4) is 0 Å². The summed E-state index contributed by atoms with van der Waals surface area (Å²) in [7, 11) is 0. The number of anilines is 2. The number of rotatable bonds is 5. The molecule has 1 N–H and O–H groups in total. The van der Waals surface area contributed by atoms with E-state index in [2.05, 4.69) is 27.4 Å². The summed E-state index contributed by atoms with van der Waals surface area (Å²) in [5.41, 5.74) is 1.17. The van der Waals surface area contributed by atoms with Gasteiger partial charge in [0.2, 0.25) is 5.95 Å². The monoisotopic (exact) mass is 310 g/mol. The highest BCUT2D eigenvalue weighted by atomic mass is 16.6. The molecule has 1 amide bonds. The van der Waals surface area contributed by atoms with E-state index < -0.39 is 0 Å². The summed E-state index contributed by atoms with van der Waals surface area (Å²) in [5.74, 6) is 1.16. The van der Waals surface area contributed by atoms with E-state index in [-0.39, 0.29) is 12.1 Å². The highest BCUT2D eigenvalue weighted by Gasteiger charge is 2.35. The van der Waals surface area contributed by atoms with Crippen molar-refractivity contribution in [2.45, 2.75) is 31.3 Å². The third kappa shape index (κ3) is 3.11. The van der Waals surface area contributed by atoms with E-state index >= 15 is 0 Å². The van der Waals surface area contributed by atoms with E-state index in [4.69, 9.17) is 4.74 Å². The summed E-state index contributed by atoms with van der Waals surface area (Å²) >= 11 is 0. The van der Waals surface area contributed by atoms with Crippen LogP contribution in [0.25, 0.3) is 0 Å². The van der Waals surface area contributed by atoms with Gasteiger partial charge >= 0.3 is 6.09 Å². The maximum absolute atomic E-state index is 12.1. The first-order valence-electron chi connectivity index (χ1n) is 7.89. The van der Waals surface area contributed by atoms with Gasteiger partial charge < -0.3 is 10.1 Å². The molecular weight excluding hydrogens is 292 g/mol. The van der Waals surface area contributed by atoms with Crippen molar-refractivity contribution >= 4 is 17.9 Å². The highest BCUT2D eigenvalue weighted by molar-refractivity contribution is 5.89. The summed E-state index contributed by atoms with van der Waals surface area (Å²) in [6, 6.07) is 12.3. The standard InChI is InChI=1S/C17H18N4O2/c22-17-21(14(11-23-17)10-12-4-2-1-3-5-12)15-8-9-18-16(20-15)19-13-6-7-13/h1-5,8-9,13-14H,6-7,10-11H2,(H,18,19,20)/t14-/m1/s1. The number of aromatic nitrogens is 2. The van der Waals surface area contributed by atoms with Gasteiger partial charge in [0.25, 0.3) is 0 Å². The maximum Gasteiger partial charge on any atom is 0.415 e. The van der Waals surface area contributed by atoms with Crippen molar-refractivity contribution < 1.29 is 9.53 Å². The SMILES string of the molecule is O=C1OC[C@@H](Cc2ccccc2)N1c1ccnc(NC2CC2)n1. The Morgan fingerprint density at radius 3 is 2.83 bits per heavy atom. The van der Waals surface area contributed by atoms with E-state index in [9.17, 15) is 4.79 Å². The first-order valence-corrected chi connectivity index (χ1v) is 7.89. The third-order valence-electron chi connectivity index (χ3n) is 4.07. The molecule has 118 valence electrons. The minimum atomic E-state index is -0.345. The summed E-state index contributed by atoms with van der Waals surface area (Å²) in [5, 5.41) is 3.26. The molecule has 1 saturated heterocycles. The van der Waals surface area contributed by atoms with Crippen LogP contribution in [0, 0.1) is 0 Å². The van der Waals surface area contributed by atoms with E-state index in [1.807, 2.05) is 18.2 Å². The molecule has 1 aromatic carbocycles. The van der Waals surface area contributed by atoms with Crippen molar-refractivity contribution in [3.05, 3.63) is 48.2 Å². The largest absolute Gasteiger partial charge is 0.447 e. The molecule has 1 aromatic heterocycles. The molecule has 23 heavy (non-hydrogen) atoms. The van der Waals surface area contributed by atoms with Gasteiger partial charge in [-0.25, -0.2) is 9.78 Å². The predicted octanol–water partition coefficient (Wildman–Crippen LogP) is 2.62. The molecule has 1 aliphatic heterocycles. The Hall–Kier alpha value is -2.63. The number of carbonyl (C=O) groups is 1. The molecule has 0 unspecified atom stereocenters. The molecular formula is C17H18N4O2. The molecule has 6 heteroatoms. The van der Waals surface area contributed by atoms with Gasteiger partial charge in [-0.05, 0) is 30.9 Å². The van der Waals surface area contributed by atoms with Crippen molar-refractivity contribution in [2.24, 2.45) is 0 Å². The van der Waals surface area contributed by atoms with E-state index in [1.165, 1.54) is 5.56 Å². The Balaban J connectivity index is 1.56. The van der Waals surface area contributed by atoms with Gasteiger partial charge in [-0.2, -0.15) is 4.98 Å². The lowest BCUT2D eigenvalue weighted by Gasteiger charge is -2.20. The number of hydrogen-bond donors (Lipinski definition) is 1. The lowest BCUT2D eigenvalue weighted by Crippen LogP contribution is -2.35. The predicted molar refractivity (Wildman–Crippen MR) is 86.4 cm³/mol. The summed E-state index contributed by atoms with van der Waals surface area (Å²) < 4.78 is 5.24. The van der Waals surface area contributed by atoms with Gasteiger partial charge in [-0.15, -0.1) is 0 Å². The van der Waals surface area contributed by atoms with Crippen molar-refractivity contribution in [3.63, 3.8) is 0 Å². The smallest absolute Gasteiger partial charge is 0.415 e. The molecule has 0 radical (unpaired) electrons. The van der Waals surface area contributed by atoms with Crippen LogP contribution in [0.3, 0.4) is 0 Å². The van der Waals surface area contributed by atoms with Gasteiger partial charge in [0.1, 0.15) is 12.4 Å². The molecule has 4 rings (SSSR count). The van der Waals surface area contributed by atoms with Crippen LogP contribution < -0.4 is 10.2 Å². The number of amides is 1. The van der Waals surface area contributed by atoms with E-state index in [0.29, 0.717) is 24.4 Å². The number of nitrogens with zero attached hydrogens (tertiary/aromatic N) is 3. The topological polar surface area (TPSA) is 67.3 Å². The fraction of sp³-hybridized carbons (Fsp3) is 0.353. The van der Waals surface area contributed by atoms with Crippen molar-refractivity contribution in [2.75, 3.05) is 16.8 Å². The minimum absolute atomic E-state index is 0.0476. The fourth-order valence-electron chi connectivity index (χ4n) is 2.74. The molecule has 0 spiro atoms. The van der Waals surface area contributed by atoms with Crippen molar-refractivity contribution in [1.82, 2.24) is 9.97 Å². The average molecular weight is 310 g/mol. The number of cyclic esters (lactones) is 1. The van der Waals surface area contributed by atoms with Gasteiger partial charge in [-0.3, -0.25) is 4.90 Å². The second-order valence-corrected chi connectivity index (χ2v) is 5.95. The second-order valence-electron chi connectivity index (χ2n) is 5.95. The van der Waals surface area contributed by atoms with Crippen LogP contribution in [0.15, 0.2) is 42.6 Å². The summed E-state index contributed by atoms with van der Waals surface area (Å²) in [6.07, 6.45) is 4.37. The first-order chi connectivity index (χ1) is 11.3. The zero-order valence-corrected chi connectivity index (χ0v) is 12.7. The molecule has 0 bridgehead atoms. The van der Waals surface area contributed by atoms with Crippen LogP contribution in [0.4, 0.5) is 16.6 Å². The summed E-state index contributed by atoms with van der Waals surface area (Å²) in [4.78, 5) is 22.5. The fourth-order valence-corrected chi connectivity index (χ4v) is 2.74. The van der Waals surface area contributed by atoms with E-state index in [1.54, 1.807) is 17.2 Å². The highest BCUT2D eigenvalue weighted by Crippen LogP contribution is 2.26. The average Bonchev–Trinajstić information content (AvgIpc) is 3.31. The zero-order chi connectivity index (χ0) is 15.6. The van der Waals surface area contributed by atoms with Gasteiger partial charge in [0, 0.05) is 12.2 Å². The second kappa shape index (κ2) is 5.87. The Morgan fingerprint density at radius 1 is 1.22 bits per heavy atom. The molecule has 2 aliphatic rings. The van der Waals surface area contributed by atoms with Crippen LogP contribution in [-0.2, 0) is 11.2 Å².